The molecular formula is C16H17NO3. The van der Waals surface area contributed by atoms with E-state index in [2.05, 4.69) is 12.1 Å². The van der Waals surface area contributed by atoms with Gasteiger partial charge in [-0.05, 0) is 23.3 Å². The van der Waals surface area contributed by atoms with Crippen molar-refractivity contribution in [1.29, 1.82) is 0 Å². The first kappa shape index (κ1) is 12.9. The average Bonchev–Trinajstić information content (AvgIpc) is 3.00. The molecule has 1 aliphatic heterocycles. The fourth-order valence-electron chi connectivity index (χ4n) is 2.50. The summed E-state index contributed by atoms with van der Waals surface area (Å²) in [4.78, 5) is 13.8. The Morgan fingerprint density at radius 3 is 2.80 bits per heavy atom. The smallest absolute Gasteiger partial charge is 0.289 e. The van der Waals surface area contributed by atoms with Crippen molar-refractivity contribution in [3.05, 3.63) is 59.5 Å². The molecule has 0 fully saturated rings. The number of rotatable bonds is 3. The Kier molecular flexibility index (Phi) is 3.56. The zero-order valence-electron chi connectivity index (χ0n) is 11.4. The number of furan rings is 1. The van der Waals surface area contributed by atoms with Crippen LogP contribution in [0.4, 0.5) is 0 Å². The van der Waals surface area contributed by atoms with Gasteiger partial charge in [0.2, 0.25) is 0 Å². The van der Waals surface area contributed by atoms with E-state index >= 15 is 0 Å². The van der Waals surface area contributed by atoms with Gasteiger partial charge in [0.15, 0.2) is 5.76 Å². The summed E-state index contributed by atoms with van der Waals surface area (Å²) in [5.41, 5.74) is 2.55. The van der Waals surface area contributed by atoms with Crippen molar-refractivity contribution >= 4 is 5.91 Å². The highest BCUT2D eigenvalue weighted by molar-refractivity contribution is 5.91. The van der Waals surface area contributed by atoms with Crippen LogP contribution in [0.15, 0.2) is 47.1 Å². The van der Waals surface area contributed by atoms with Crippen LogP contribution in [0.1, 0.15) is 21.7 Å². The lowest BCUT2D eigenvalue weighted by Crippen LogP contribution is -2.38. The third-order valence-electron chi connectivity index (χ3n) is 3.60. The number of ether oxygens (including phenoxy) is 1. The van der Waals surface area contributed by atoms with Gasteiger partial charge in [0.1, 0.15) is 0 Å². The van der Waals surface area contributed by atoms with Crippen molar-refractivity contribution < 1.29 is 13.9 Å². The summed E-state index contributed by atoms with van der Waals surface area (Å²) < 4.78 is 10.9. The second kappa shape index (κ2) is 5.51. The van der Waals surface area contributed by atoms with Gasteiger partial charge < -0.3 is 14.1 Å². The fourth-order valence-corrected chi connectivity index (χ4v) is 2.50. The van der Waals surface area contributed by atoms with Crippen molar-refractivity contribution in [1.82, 2.24) is 4.90 Å². The van der Waals surface area contributed by atoms with Crippen LogP contribution in [-0.2, 0) is 17.8 Å². The second-order valence-electron chi connectivity index (χ2n) is 5.07. The van der Waals surface area contributed by atoms with Crippen molar-refractivity contribution in [3.63, 3.8) is 0 Å². The molecule has 0 N–H and O–H groups in total. The third-order valence-corrected chi connectivity index (χ3v) is 3.60. The number of nitrogens with zero attached hydrogens (tertiary/aromatic N) is 1. The zero-order valence-corrected chi connectivity index (χ0v) is 11.4. The topological polar surface area (TPSA) is 42.7 Å². The minimum absolute atomic E-state index is 0.0359. The fraction of sp³-hybridized carbons (Fsp3) is 0.312. The maximum Gasteiger partial charge on any atom is 0.289 e. The number of benzene rings is 1. The van der Waals surface area contributed by atoms with Crippen LogP contribution in [0.5, 0.6) is 0 Å². The molecule has 0 saturated heterocycles. The molecule has 2 heterocycles. The van der Waals surface area contributed by atoms with Gasteiger partial charge in [0.25, 0.3) is 5.91 Å². The maximum absolute atomic E-state index is 12.1. The van der Waals surface area contributed by atoms with E-state index in [-0.39, 0.29) is 12.0 Å². The minimum atomic E-state index is -0.113. The summed E-state index contributed by atoms with van der Waals surface area (Å²) in [6, 6.07) is 11.7. The van der Waals surface area contributed by atoms with E-state index in [1.165, 1.54) is 17.4 Å². The van der Waals surface area contributed by atoms with Gasteiger partial charge in [-0.25, -0.2) is 0 Å². The van der Waals surface area contributed by atoms with E-state index in [0.29, 0.717) is 18.9 Å². The molecule has 0 bridgehead atoms. The van der Waals surface area contributed by atoms with Crippen LogP contribution in [0.3, 0.4) is 0 Å². The van der Waals surface area contributed by atoms with E-state index < -0.39 is 0 Å². The highest BCUT2D eigenvalue weighted by atomic mass is 16.5. The summed E-state index contributed by atoms with van der Waals surface area (Å²) >= 11 is 0. The normalized spacial score (nSPS) is 17.6. The Bertz CT molecular complexity index is 592. The van der Waals surface area contributed by atoms with Gasteiger partial charge in [-0.15, -0.1) is 0 Å². The molecule has 1 aliphatic rings. The Balaban J connectivity index is 1.63. The lowest BCUT2D eigenvalue weighted by molar-refractivity contribution is 0.00920. The Morgan fingerprint density at radius 1 is 1.25 bits per heavy atom. The molecule has 20 heavy (non-hydrogen) atoms. The highest BCUT2D eigenvalue weighted by Gasteiger charge is 2.23. The van der Waals surface area contributed by atoms with E-state index in [1.807, 2.05) is 12.1 Å². The first-order chi connectivity index (χ1) is 9.74. The van der Waals surface area contributed by atoms with Crippen molar-refractivity contribution in [2.75, 3.05) is 13.6 Å². The van der Waals surface area contributed by atoms with Crippen LogP contribution in [0.2, 0.25) is 0 Å². The number of fused-ring (bicyclic) bond motifs is 1. The van der Waals surface area contributed by atoms with Gasteiger partial charge in [0, 0.05) is 20.0 Å². The Morgan fingerprint density at radius 2 is 2.05 bits per heavy atom. The molecule has 0 saturated carbocycles. The quantitative estimate of drug-likeness (QED) is 0.861. The standard InChI is InChI=1S/C16H17NO3/c1-17(16(18)15-7-4-8-19-15)10-14-9-12-5-2-3-6-13(12)11-20-14/h2-8,14H,9-11H2,1H3. The zero-order chi connectivity index (χ0) is 13.9. The van der Waals surface area contributed by atoms with Crippen LogP contribution in [0, 0.1) is 0 Å². The van der Waals surface area contributed by atoms with Crippen molar-refractivity contribution in [2.45, 2.75) is 19.1 Å². The molecule has 4 nitrogen and oxygen atoms in total. The van der Waals surface area contributed by atoms with Crippen LogP contribution in [0.25, 0.3) is 0 Å². The molecule has 1 amide bonds. The minimum Gasteiger partial charge on any atom is -0.459 e. The van der Waals surface area contributed by atoms with Gasteiger partial charge in [-0.1, -0.05) is 24.3 Å². The molecule has 4 heteroatoms. The largest absolute Gasteiger partial charge is 0.459 e. The van der Waals surface area contributed by atoms with Crippen LogP contribution >= 0.6 is 0 Å². The molecule has 2 aromatic rings. The number of hydrogen-bond acceptors (Lipinski definition) is 3. The second-order valence-corrected chi connectivity index (χ2v) is 5.07. The molecule has 0 aliphatic carbocycles. The lowest BCUT2D eigenvalue weighted by Gasteiger charge is -2.28. The van der Waals surface area contributed by atoms with E-state index in [0.717, 1.165) is 6.42 Å². The summed E-state index contributed by atoms with van der Waals surface area (Å²) in [6.45, 7) is 1.18. The first-order valence-electron chi connectivity index (χ1n) is 6.71. The van der Waals surface area contributed by atoms with Gasteiger partial charge in [-0.2, -0.15) is 0 Å². The molecule has 1 aromatic heterocycles. The summed E-state index contributed by atoms with van der Waals surface area (Å²) in [5.74, 6) is 0.251. The van der Waals surface area contributed by atoms with Crippen molar-refractivity contribution in [2.24, 2.45) is 0 Å². The molecule has 104 valence electrons. The predicted molar refractivity (Wildman–Crippen MR) is 74.4 cm³/mol. The van der Waals surface area contributed by atoms with E-state index in [4.69, 9.17) is 9.15 Å². The number of amides is 1. The van der Waals surface area contributed by atoms with Gasteiger partial charge in [0.05, 0.1) is 19.0 Å². The predicted octanol–water partition coefficient (Wildman–Crippen LogP) is 2.49. The van der Waals surface area contributed by atoms with Crippen LogP contribution in [-0.4, -0.2) is 30.5 Å². The number of hydrogen-bond donors (Lipinski definition) is 0. The highest BCUT2D eigenvalue weighted by Crippen LogP contribution is 2.21. The van der Waals surface area contributed by atoms with Gasteiger partial charge in [-0.3, -0.25) is 4.79 Å². The Labute approximate surface area is 118 Å². The molecule has 0 radical (unpaired) electrons. The summed E-state index contributed by atoms with van der Waals surface area (Å²) in [7, 11) is 1.77. The first-order valence-corrected chi connectivity index (χ1v) is 6.71. The summed E-state index contributed by atoms with van der Waals surface area (Å²) in [5, 5.41) is 0. The molecular weight excluding hydrogens is 254 g/mol. The molecule has 0 spiro atoms. The number of carbonyl (C=O) groups is 1. The molecule has 1 unspecified atom stereocenters. The maximum atomic E-state index is 12.1. The molecule has 1 aromatic carbocycles. The average molecular weight is 271 g/mol. The summed E-state index contributed by atoms with van der Waals surface area (Å²) in [6.07, 6.45) is 2.38. The van der Waals surface area contributed by atoms with Crippen LogP contribution < -0.4 is 0 Å². The van der Waals surface area contributed by atoms with Gasteiger partial charge >= 0.3 is 0 Å². The Hall–Kier alpha value is -2.07. The molecule has 3 rings (SSSR count). The monoisotopic (exact) mass is 271 g/mol. The van der Waals surface area contributed by atoms with E-state index in [9.17, 15) is 4.79 Å². The van der Waals surface area contributed by atoms with E-state index in [1.54, 1.807) is 24.1 Å². The number of likely N-dealkylation sites (N-methyl/N-ethyl adjacent to an activating group) is 1. The lowest BCUT2D eigenvalue weighted by atomic mass is 9.99. The molecule has 1 atom stereocenters. The van der Waals surface area contributed by atoms with Crippen molar-refractivity contribution in [3.8, 4) is 0 Å². The third kappa shape index (κ3) is 2.60. The number of carbonyl (C=O) groups excluding carboxylic acids is 1. The SMILES string of the molecule is CN(CC1Cc2ccccc2CO1)C(=O)c1ccco1.